The van der Waals surface area contributed by atoms with Crippen molar-refractivity contribution >= 4 is 0 Å². The Bertz CT molecular complexity index is 249. The lowest BCUT2D eigenvalue weighted by Gasteiger charge is -2.47. The molecule has 0 aromatic carbocycles. The molecule has 2 unspecified atom stereocenters. The summed E-state index contributed by atoms with van der Waals surface area (Å²) in [6, 6.07) is 1.40. The van der Waals surface area contributed by atoms with Crippen LogP contribution in [-0.4, -0.2) is 49.8 Å². The maximum atomic E-state index is 5.50. The summed E-state index contributed by atoms with van der Waals surface area (Å²) < 4.78 is 5.50. The van der Waals surface area contributed by atoms with Crippen LogP contribution in [0.3, 0.4) is 0 Å². The number of nitrogens with one attached hydrogen (secondary N) is 1. The fourth-order valence-corrected chi connectivity index (χ4v) is 3.41. The van der Waals surface area contributed by atoms with Crippen LogP contribution in [0.4, 0.5) is 0 Å². The van der Waals surface area contributed by atoms with E-state index in [0.29, 0.717) is 17.5 Å². The minimum absolute atomic E-state index is 0.507. The van der Waals surface area contributed by atoms with Crippen LogP contribution in [0.2, 0.25) is 0 Å². The molecular weight excluding hydrogens is 224 g/mol. The maximum Gasteiger partial charge on any atom is 0.0594 e. The van der Waals surface area contributed by atoms with Crippen molar-refractivity contribution in [1.29, 1.82) is 0 Å². The largest absolute Gasteiger partial charge is 0.379 e. The third-order valence-electron chi connectivity index (χ3n) is 4.53. The normalized spacial score (nSPS) is 33.5. The van der Waals surface area contributed by atoms with E-state index in [1.807, 2.05) is 0 Å². The first-order valence-corrected chi connectivity index (χ1v) is 7.67. The summed E-state index contributed by atoms with van der Waals surface area (Å²) >= 11 is 0. The summed E-state index contributed by atoms with van der Waals surface area (Å²) in [6.07, 6.45) is 5.24. The van der Waals surface area contributed by atoms with Gasteiger partial charge in [0.05, 0.1) is 13.2 Å². The van der Waals surface area contributed by atoms with E-state index >= 15 is 0 Å². The molecule has 1 aliphatic heterocycles. The highest BCUT2D eigenvalue weighted by molar-refractivity contribution is 4.94. The van der Waals surface area contributed by atoms with Gasteiger partial charge in [-0.3, -0.25) is 4.90 Å². The molecule has 0 aromatic heterocycles. The Morgan fingerprint density at radius 2 is 2.00 bits per heavy atom. The molecule has 1 saturated carbocycles. The molecule has 3 nitrogen and oxygen atoms in total. The molecule has 1 N–H and O–H groups in total. The molecule has 2 fully saturated rings. The van der Waals surface area contributed by atoms with E-state index in [9.17, 15) is 0 Å². The smallest absolute Gasteiger partial charge is 0.0594 e. The molecule has 2 aliphatic rings. The number of ether oxygens (including phenoxy) is 1. The standard InChI is InChI=1S/C15H30N2O/c1-4-7-16-13-5-6-15(2,3)12-14(13)17-8-10-18-11-9-17/h13-14,16H,4-12H2,1-3H3. The number of morpholine rings is 1. The van der Waals surface area contributed by atoms with Crippen LogP contribution in [0.1, 0.15) is 46.5 Å². The van der Waals surface area contributed by atoms with Crippen molar-refractivity contribution in [2.24, 2.45) is 5.41 Å². The van der Waals surface area contributed by atoms with E-state index in [2.05, 4.69) is 31.0 Å². The van der Waals surface area contributed by atoms with Crippen LogP contribution in [0.5, 0.6) is 0 Å². The van der Waals surface area contributed by atoms with E-state index in [4.69, 9.17) is 4.74 Å². The summed E-state index contributed by atoms with van der Waals surface area (Å²) in [4.78, 5) is 2.66. The summed E-state index contributed by atoms with van der Waals surface area (Å²) in [5.74, 6) is 0. The van der Waals surface area contributed by atoms with Gasteiger partial charge in [-0.05, 0) is 37.6 Å². The Hall–Kier alpha value is -0.120. The van der Waals surface area contributed by atoms with Gasteiger partial charge in [-0.2, -0.15) is 0 Å². The average Bonchev–Trinajstić information content (AvgIpc) is 2.38. The van der Waals surface area contributed by atoms with Crippen LogP contribution < -0.4 is 5.32 Å². The number of nitrogens with zero attached hydrogens (tertiary/aromatic N) is 1. The molecule has 0 radical (unpaired) electrons. The molecule has 0 spiro atoms. The molecule has 2 rings (SSSR count). The van der Waals surface area contributed by atoms with Crippen LogP contribution in [-0.2, 0) is 4.74 Å². The van der Waals surface area contributed by atoms with Crippen LogP contribution in [0.15, 0.2) is 0 Å². The van der Waals surface area contributed by atoms with E-state index in [-0.39, 0.29) is 0 Å². The highest BCUT2D eigenvalue weighted by Gasteiger charge is 2.37. The predicted molar refractivity (Wildman–Crippen MR) is 75.9 cm³/mol. The first-order valence-electron chi connectivity index (χ1n) is 7.67. The maximum absolute atomic E-state index is 5.50. The third-order valence-corrected chi connectivity index (χ3v) is 4.53. The Labute approximate surface area is 112 Å². The second-order valence-corrected chi connectivity index (χ2v) is 6.68. The summed E-state index contributed by atoms with van der Waals surface area (Å²) in [7, 11) is 0. The first-order chi connectivity index (χ1) is 8.62. The van der Waals surface area contributed by atoms with Gasteiger partial charge in [-0.1, -0.05) is 20.8 Å². The monoisotopic (exact) mass is 254 g/mol. The molecule has 0 amide bonds. The van der Waals surface area contributed by atoms with E-state index in [1.54, 1.807) is 0 Å². The highest BCUT2D eigenvalue weighted by atomic mass is 16.5. The Balaban J connectivity index is 1.98. The zero-order valence-electron chi connectivity index (χ0n) is 12.4. The first kappa shape index (κ1) is 14.3. The van der Waals surface area contributed by atoms with E-state index in [0.717, 1.165) is 32.8 Å². The Kier molecular flexibility index (Phi) is 5.05. The van der Waals surface area contributed by atoms with Gasteiger partial charge in [0.25, 0.3) is 0 Å². The zero-order chi connectivity index (χ0) is 13.0. The summed E-state index contributed by atoms with van der Waals surface area (Å²) in [5.41, 5.74) is 0.507. The van der Waals surface area contributed by atoms with Crippen molar-refractivity contribution in [2.75, 3.05) is 32.8 Å². The van der Waals surface area contributed by atoms with Gasteiger partial charge < -0.3 is 10.1 Å². The van der Waals surface area contributed by atoms with E-state index < -0.39 is 0 Å². The van der Waals surface area contributed by atoms with Crippen molar-refractivity contribution in [2.45, 2.75) is 58.5 Å². The lowest BCUT2D eigenvalue weighted by atomic mass is 9.72. The average molecular weight is 254 g/mol. The minimum Gasteiger partial charge on any atom is -0.379 e. The van der Waals surface area contributed by atoms with E-state index in [1.165, 1.54) is 25.7 Å². The van der Waals surface area contributed by atoms with Crippen LogP contribution >= 0.6 is 0 Å². The lowest BCUT2D eigenvalue weighted by molar-refractivity contribution is -0.0165. The predicted octanol–water partition coefficient (Wildman–Crippen LogP) is 2.27. The molecule has 3 heteroatoms. The van der Waals surface area contributed by atoms with Gasteiger partial charge in [0.2, 0.25) is 0 Å². The van der Waals surface area contributed by atoms with Crippen LogP contribution in [0.25, 0.3) is 0 Å². The van der Waals surface area contributed by atoms with Crippen molar-refractivity contribution in [1.82, 2.24) is 10.2 Å². The highest BCUT2D eigenvalue weighted by Crippen LogP contribution is 2.37. The molecule has 1 heterocycles. The molecule has 2 atom stereocenters. The number of hydrogen-bond acceptors (Lipinski definition) is 3. The van der Waals surface area contributed by atoms with Gasteiger partial charge in [0.15, 0.2) is 0 Å². The van der Waals surface area contributed by atoms with Crippen molar-refractivity contribution < 1.29 is 4.74 Å². The molecule has 0 bridgehead atoms. The molecule has 106 valence electrons. The number of rotatable bonds is 4. The van der Waals surface area contributed by atoms with Crippen LogP contribution in [0, 0.1) is 5.41 Å². The van der Waals surface area contributed by atoms with Gasteiger partial charge in [0.1, 0.15) is 0 Å². The molecule has 1 saturated heterocycles. The molecule has 18 heavy (non-hydrogen) atoms. The topological polar surface area (TPSA) is 24.5 Å². The molecule has 1 aliphatic carbocycles. The quantitative estimate of drug-likeness (QED) is 0.833. The minimum atomic E-state index is 0.507. The van der Waals surface area contributed by atoms with Crippen molar-refractivity contribution in [3.05, 3.63) is 0 Å². The van der Waals surface area contributed by atoms with Crippen molar-refractivity contribution in [3.8, 4) is 0 Å². The zero-order valence-corrected chi connectivity index (χ0v) is 12.4. The van der Waals surface area contributed by atoms with Gasteiger partial charge >= 0.3 is 0 Å². The van der Waals surface area contributed by atoms with Gasteiger partial charge in [-0.25, -0.2) is 0 Å². The van der Waals surface area contributed by atoms with Gasteiger partial charge in [-0.15, -0.1) is 0 Å². The molecular formula is C15H30N2O. The summed E-state index contributed by atoms with van der Waals surface area (Å²) in [5, 5.41) is 3.77. The number of hydrogen-bond donors (Lipinski definition) is 1. The fourth-order valence-electron chi connectivity index (χ4n) is 3.41. The third kappa shape index (κ3) is 3.69. The Morgan fingerprint density at radius 1 is 1.28 bits per heavy atom. The second-order valence-electron chi connectivity index (χ2n) is 6.68. The second kappa shape index (κ2) is 6.36. The fraction of sp³-hybridized carbons (Fsp3) is 1.00. The van der Waals surface area contributed by atoms with Crippen molar-refractivity contribution in [3.63, 3.8) is 0 Å². The van der Waals surface area contributed by atoms with Gasteiger partial charge in [0, 0.05) is 25.2 Å². The summed E-state index contributed by atoms with van der Waals surface area (Å²) in [6.45, 7) is 12.3. The lowest BCUT2D eigenvalue weighted by Crippen LogP contribution is -2.57. The SMILES string of the molecule is CCCNC1CCC(C)(C)CC1N1CCOCC1. The molecule has 0 aromatic rings. The Morgan fingerprint density at radius 3 is 2.67 bits per heavy atom.